The highest BCUT2D eigenvalue weighted by molar-refractivity contribution is 5.34. The predicted octanol–water partition coefficient (Wildman–Crippen LogP) is 2.20. The number of benzene rings is 1. The van der Waals surface area contributed by atoms with E-state index < -0.39 is 0 Å². The maximum absolute atomic E-state index is 5.83. The van der Waals surface area contributed by atoms with Gasteiger partial charge in [-0.15, -0.1) is 11.7 Å². The first-order valence-electron chi connectivity index (χ1n) is 7.24. The van der Waals surface area contributed by atoms with Gasteiger partial charge in [-0.05, 0) is 24.6 Å². The number of ether oxygens (including phenoxy) is 1. The topological polar surface area (TPSA) is 52.0 Å². The molecule has 0 radical (unpaired) electrons. The van der Waals surface area contributed by atoms with Crippen LogP contribution in [-0.4, -0.2) is 28.1 Å². The molecule has 2 rings (SSSR count). The lowest BCUT2D eigenvalue weighted by Crippen LogP contribution is -2.12. The summed E-state index contributed by atoms with van der Waals surface area (Å²) in [6.07, 6.45) is 4.64. The summed E-state index contributed by atoms with van der Waals surface area (Å²) in [5, 5.41) is 11.4. The zero-order valence-electron chi connectivity index (χ0n) is 12.5. The molecule has 21 heavy (non-hydrogen) atoms. The predicted molar refractivity (Wildman–Crippen MR) is 83.2 cm³/mol. The normalized spacial score (nSPS) is 10.5. The fraction of sp³-hybridized carbons (Fsp3) is 0.375. The Labute approximate surface area is 125 Å². The van der Waals surface area contributed by atoms with Gasteiger partial charge in [-0.1, -0.05) is 36.4 Å². The van der Waals surface area contributed by atoms with E-state index in [1.165, 1.54) is 0 Å². The summed E-state index contributed by atoms with van der Waals surface area (Å²) in [5.41, 5.74) is 2.10. The van der Waals surface area contributed by atoms with Gasteiger partial charge in [0.1, 0.15) is 12.4 Å². The van der Waals surface area contributed by atoms with Crippen molar-refractivity contribution in [3.05, 3.63) is 54.4 Å². The van der Waals surface area contributed by atoms with Crippen molar-refractivity contribution in [2.75, 3.05) is 13.2 Å². The quantitative estimate of drug-likeness (QED) is 0.718. The van der Waals surface area contributed by atoms with Crippen molar-refractivity contribution in [1.82, 2.24) is 20.3 Å². The van der Waals surface area contributed by atoms with Crippen molar-refractivity contribution >= 4 is 0 Å². The van der Waals surface area contributed by atoms with Crippen LogP contribution in [0.25, 0.3) is 0 Å². The van der Waals surface area contributed by atoms with E-state index in [1.807, 2.05) is 35.2 Å². The number of nitrogens with zero attached hydrogens (tertiary/aromatic N) is 3. The van der Waals surface area contributed by atoms with Crippen LogP contribution in [0.5, 0.6) is 5.75 Å². The van der Waals surface area contributed by atoms with E-state index in [0.29, 0.717) is 13.2 Å². The van der Waals surface area contributed by atoms with Crippen LogP contribution in [0.15, 0.2) is 43.1 Å². The average molecular weight is 286 g/mol. The lowest BCUT2D eigenvalue weighted by Gasteiger charge is -2.10. The number of hydrogen-bond donors (Lipinski definition) is 1. The second-order valence-corrected chi connectivity index (χ2v) is 4.70. The van der Waals surface area contributed by atoms with Crippen LogP contribution in [-0.2, 0) is 19.5 Å². The van der Waals surface area contributed by atoms with Crippen LogP contribution < -0.4 is 10.1 Å². The van der Waals surface area contributed by atoms with Gasteiger partial charge in [0, 0.05) is 12.7 Å². The van der Waals surface area contributed by atoms with Crippen molar-refractivity contribution in [2.24, 2.45) is 0 Å². The van der Waals surface area contributed by atoms with Crippen molar-refractivity contribution in [3.8, 4) is 5.75 Å². The number of rotatable bonds is 9. The number of para-hydroxylation sites is 1. The van der Waals surface area contributed by atoms with Gasteiger partial charge in [-0.2, -0.15) is 0 Å². The van der Waals surface area contributed by atoms with Crippen molar-refractivity contribution in [1.29, 1.82) is 0 Å². The summed E-state index contributed by atoms with van der Waals surface area (Å²) < 4.78 is 7.64. The van der Waals surface area contributed by atoms with Gasteiger partial charge >= 0.3 is 0 Å². The molecular formula is C16H22N4O. The van der Waals surface area contributed by atoms with Crippen LogP contribution in [0.3, 0.4) is 0 Å². The maximum Gasteiger partial charge on any atom is 0.122 e. The number of allylic oxidation sites excluding steroid dienone is 1. The Balaban J connectivity index is 1.84. The summed E-state index contributed by atoms with van der Waals surface area (Å²) >= 11 is 0. The summed E-state index contributed by atoms with van der Waals surface area (Å²) in [5.74, 6) is 0.908. The van der Waals surface area contributed by atoms with E-state index in [4.69, 9.17) is 4.74 Å². The molecule has 0 bridgehead atoms. The minimum Gasteiger partial charge on any atom is -0.491 e. The Morgan fingerprint density at radius 3 is 3.05 bits per heavy atom. The Hall–Kier alpha value is -2.14. The van der Waals surface area contributed by atoms with E-state index in [9.17, 15) is 0 Å². The summed E-state index contributed by atoms with van der Waals surface area (Å²) in [6.45, 7) is 8.76. The SMILES string of the molecule is C=CCc1ccccc1OCCn1cc(CNCC)nn1. The van der Waals surface area contributed by atoms with Crippen LogP contribution in [0.2, 0.25) is 0 Å². The molecule has 5 heteroatoms. The Morgan fingerprint density at radius 2 is 2.24 bits per heavy atom. The molecule has 0 aliphatic heterocycles. The Kier molecular flexibility index (Phi) is 5.97. The molecule has 0 atom stereocenters. The highest BCUT2D eigenvalue weighted by Gasteiger charge is 2.03. The molecule has 1 aromatic carbocycles. The summed E-state index contributed by atoms with van der Waals surface area (Å²) in [7, 11) is 0. The number of aromatic nitrogens is 3. The fourth-order valence-electron chi connectivity index (χ4n) is 2.00. The molecule has 0 unspecified atom stereocenters. The molecule has 0 spiro atoms. The summed E-state index contributed by atoms with van der Waals surface area (Å²) in [4.78, 5) is 0. The molecule has 0 aliphatic carbocycles. The van der Waals surface area contributed by atoms with Crippen LogP contribution in [0.1, 0.15) is 18.2 Å². The molecule has 112 valence electrons. The molecule has 1 heterocycles. The Bertz CT molecular complexity index is 565. The zero-order chi connectivity index (χ0) is 14.9. The first-order valence-corrected chi connectivity index (χ1v) is 7.24. The van der Waals surface area contributed by atoms with Crippen molar-refractivity contribution in [3.63, 3.8) is 0 Å². The fourth-order valence-corrected chi connectivity index (χ4v) is 2.00. The van der Waals surface area contributed by atoms with Crippen molar-refractivity contribution in [2.45, 2.75) is 26.4 Å². The third kappa shape index (κ3) is 4.72. The van der Waals surface area contributed by atoms with E-state index in [-0.39, 0.29) is 0 Å². The van der Waals surface area contributed by atoms with E-state index in [1.54, 1.807) is 0 Å². The molecule has 1 aromatic heterocycles. The first-order chi connectivity index (χ1) is 10.3. The van der Waals surface area contributed by atoms with E-state index >= 15 is 0 Å². The minimum atomic E-state index is 0.568. The highest BCUT2D eigenvalue weighted by atomic mass is 16.5. The average Bonchev–Trinajstić information content (AvgIpc) is 2.95. The highest BCUT2D eigenvalue weighted by Crippen LogP contribution is 2.18. The molecule has 1 N–H and O–H groups in total. The van der Waals surface area contributed by atoms with Gasteiger partial charge in [-0.3, -0.25) is 0 Å². The first kappa shape index (κ1) is 15.3. The third-order valence-electron chi connectivity index (χ3n) is 3.06. The van der Waals surface area contributed by atoms with Gasteiger partial charge in [-0.25, -0.2) is 4.68 Å². The molecule has 2 aromatic rings. The largest absolute Gasteiger partial charge is 0.491 e. The van der Waals surface area contributed by atoms with Crippen LogP contribution in [0.4, 0.5) is 0 Å². The maximum atomic E-state index is 5.83. The minimum absolute atomic E-state index is 0.568. The van der Waals surface area contributed by atoms with Crippen LogP contribution >= 0.6 is 0 Å². The standard InChI is InChI=1S/C16H22N4O/c1-3-7-14-8-5-6-9-16(14)21-11-10-20-13-15(18-19-20)12-17-4-2/h3,5-6,8-9,13,17H,1,4,7,10-12H2,2H3. The monoisotopic (exact) mass is 286 g/mol. The lowest BCUT2D eigenvalue weighted by molar-refractivity contribution is 0.287. The lowest BCUT2D eigenvalue weighted by atomic mass is 10.1. The van der Waals surface area contributed by atoms with Crippen LogP contribution in [0, 0.1) is 0 Å². The smallest absolute Gasteiger partial charge is 0.122 e. The third-order valence-corrected chi connectivity index (χ3v) is 3.06. The zero-order valence-corrected chi connectivity index (χ0v) is 12.5. The van der Waals surface area contributed by atoms with Gasteiger partial charge < -0.3 is 10.1 Å². The van der Waals surface area contributed by atoms with Gasteiger partial charge in [0.15, 0.2) is 0 Å². The Morgan fingerprint density at radius 1 is 1.38 bits per heavy atom. The number of hydrogen-bond acceptors (Lipinski definition) is 4. The molecule has 0 amide bonds. The van der Waals surface area contributed by atoms with Gasteiger partial charge in [0.05, 0.1) is 12.2 Å². The molecule has 5 nitrogen and oxygen atoms in total. The molecule has 0 saturated heterocycles. The summed E-state index contributed by atoms with van der Waals surface area (Å²) in [6, 6.07) is 8.03. The second-order valence-electron chi connectivity index (χ2n) is 4.70. The molecule has 0 fully saturated rings. The number of nitrogens with one attached hydrogen (secondary N) is 1. The van der Waals surface area contributed by atoms with Gasteiger partial charge in [0.2, 0.25) is 0 Å². The molecular weight excluding hydrogens is 264 g/mol. The van der Waals surface area contributed by atoms with Crippen molar-refractivity contribution < 1.29 is 4.74 Å². The van der Waals surface area contributed by atoms with E-state index in [0.717, 1.165) is 36.5 Å². The second kappa shape index (κ2) is 8.21. The molecule has 0 saturated carbocycles. The van der Waals surface area contributed by atoms with Gasteiger partial charge in [0.25, 0.3) is 0 Å². The van der Waals surface area contributed by atoms with E-state index in [2.05, 4.69) is 35.2 Å². The molecule has 0 aliphatic rings.